The van der Waals surface area contributed by atoms with Crippen LogP contribution in [-0.4, -0.2) is 29.0 Å². The van der Waals surface area contributed by atoms with Crippen molar-refractivity contribution in [3.63, 3.8) is 0 Å². The second-order valence-electron chi connectivity index (χ2n) is 5.66. The lowest BCUT2D eigenvalue weighted by Gasteiger charge is -2.19. The third-order valence-electron chi connectivity index (χ3n) is 4.09. The van der Waals surface area contributed by atoms with Crippen molar-refractivity contribution in [1.82, 2.24) is 9.97 Å². The molecule has 0 aromatic carbocycles. The minimum atomic E-state index is -0.419. The molecule has 7 heteroatoms. The van der Waals surface area contributed by atoms with Gasteiger partial charge in [0.1, 0.15) is 5.69 Å². The van der Waals surface area contributed by atoms with Crippen LogP contribution in [0.15, 0.2) is 17.6 Å². The lowest BCUT2D eigenvalue weighted by Crippen LogP contribution is -2.24. The summed E-state index contributed by atoms with van der Waals surface area (Å²) in [6.45, 7) is 0. The number of methoxy groups -OCH3 is 1. The van der Waals surface area contributed by atoms with E-state index >= 15 is 0 Å². The summed E-state index contributed by atoms with van der Waals surface area (Å²) < 4.78 is 4.67. The van der Waals surface area contributed by atoms with Crippen LogP contribution in [0.25, 0.3) is 11.3 Å². The summed E-state index contributed by atoms with van der Waals surface area (Å²) in [5, 5.41) is 5.36. The van der Waals surface area contributed by atoms with Gasteiger partial charge in [-0.1, -0.05) is 19.3 Å². The molecule has 3 rings (SSSR count). The number of ether oxygens (including phenoxy) is 1. The molecule has 2 heterocycles. The minimum Gasteiger partial charge on any atom is -0.464 e. The van der Waals surface area contributed by atoms with E-state index in [-0.39, 0.29) is 11.8 Å². The zero-order valence-corrected chi connectivity index (χ0v) is 13.7. The molecule has 0 aliphatic heterocycles. The number of thiazole rings is 1. The van der Waals surface area contributed by atoms with E-state index < -0.39 is 5.97 Å². The Bertz CT molecular complexity index is 701. The molecule has 23 heavy (non-hydrogen) atoms. The van der Waals surface area contributed by atoms with Gasteiger partial charge in [-0.25, -0.2) is 9.78 Å². The van der Waals surface area contributed by atoms with Crippen LogP contribution in [0.1, 0.15) is 42.6 Å². The Morgan fingerprint density at radius 2 is 2.13 bits per heavy atom. The number of aromatic nitrogens is 2. The molecule has 0 radical (unpaired) electrons. The zero-order valence-electron chi connectivity index (χ0n) is 12.9. The normalized spacial score (nSPS) is 15.3. The highest BCUT2D eigenvalue weighted by Crippen LogP contribution is 2.28. The van der Waals surface area contributed by atoms with Crippen molar-refractivity contribution in [1.29, 1.82) is 0 Å². The van der Waals surface area contributed by atoms with Gasteiger partial charge in [-0.3, -0.25) is 4.79 Å². The summed E-state index contributed by atoms with van der Waals surface area (Å²) in [6, 6.07) is 1.69. The Kier molecular flexibility index (Phi) is 4.76. The molecule has 1 aliphatic rings. The van der Waals surface area contributed by atoms with Crippen LogP contribution in [0, 0.1) is 5.92 Å². The first-order chi connectivity index (χ1) is 11.2. The summed E-state index contributed by atoms with van der Waals surface area (Å²) in [5.41, 5.74) is 1.89. The highest BCUT2D eigenvalue weighted by atomic mass is 32.1. The van der Waals surface area contributed by atoms with Crippen LogP contribution in [0.4, 0.5) is 5.13 Å². The van der Waals surface area contributed by atoms with Gasteiger partial charge in [0.05, 0.1) is 12.8 Å². The molecule has 2 aromatic heterocycles. The topological polar surface area (TPSA) is 84.1 Å². The highest BCUT2D eigenvalue weighted by molar-refractivity contribution is 7.14. The molecular formula is C16H19N3O3S. The molecule has 1 amide bonds. The van der Waals surface area contributed by atoms with Gasteiger partial charge in [-0.2, -0.15) is 0 Å². The lowest BCUT2D eigenvalue weighted by atomic mass is 9.89. The third-order valence-corrected chi connectivity index (χ3v) is 4.85. The number of H-pyrrole nitrogens is 1. The summed E-state index contributed by atoms with van der Waals surface area (Å²) >= 11 is 1.39. The van der Waals surface area contributed by atoms with Crippen molar-refractivity contribution in [3.05, 3.63) is 23.3 Å². The van der Waals surface area contributed by atoms with E-state index in [1.807, 2.05) is 5.38 Å². The first-order valence-corrected chi connectivity index (χ1v) is 8.59. The van der Waals surface area contributed by atoms with Crippen LogP contribution < -0.4 is 5.32 Å². The predicted molar refractivity (Wildman–Crippen MR) is 88.4 cm³/mol. The fourth-order valence-corrected chi connectivity index (χ4v) is 3.53. The number of nitrogens with one attached hydrogen (secondary N) is 2. The van der Waals surface area contributed by atoms with E-state index in [2.05, 4.69) is 20.0 Å². The molecule has 0 unspecified atom stereocenters. The average molecular weight is 333 g/mol. The van der Waals surface area contributed by atoms with E-state index in [0.717, 1.165) is 36.9 Å². The summed E-state index contributed by atoms with van der Waals surface area (Å²) in [6.07, 6.45) is 7.10. The number of amides is 1. The van der Waals surface area contributed by atoms with Crippen molar-refractivity contribution >= 4 is 28.3 Å². The van der Waals surface area contributed by atoms with Crippen LogP contribution in [0.3, 0.4) is 0 Å². The quantitative estimate of drug-likeness (QED) is 0.839. The number of rotatable bonds is 4. The number of carbonyl (C=O) groups excluding carboxylic acids is 2. The maximum atomic E-state index is 12.2. The van der Waals surface area contributed by atoms with E-state index in [9.17, 15) is 9.59 Å². The van der Waals surface area contributed by atoms with E-state index in [1.165, 1.54) is 24.9 Å². The molecule has 6 nitrogen and oxygen atoms in total. The largest absolute Gasteiger partial charge is 0.464 e. The molecule has 122 valence electrons. The SMILES string of the molecule is COC(=O)c1cc(-c2csc(NC(=O)C3CCCCC3)n2)c[nH]1. The van der Waals surface area contributed by atoms with Gasteiger partial charge in [0.2, 0.25) is 5.91 Å². The van der Waals surface area contributed by atoms with Crippen molar-refractivity contribution in [3.8, 4) is 11.3 Å². The number of carbonyl (C=O) groups is 2. The fourth-order valence-electron chi connectivity index (χ4n) is 2.81. The van der Waals surface area contributed by atoms with E-state index in [1.54, 1.807) is 12.3 Å². The summed E-state index contributed by atoms with van der Waals surface area (Å²) in [7, 11) is 1.34. The Hall–Kier alpha value is -2.15. The molecular weight excluding hydrogens is 314 g/mol. The van der Waals surface area contributed by atoms with Crippen LogP contribution in [0.2, 0.25) is 0 Å². The van der Waals surface area contributed by atoms with Crippen LogP contribution >= 0.6 is 11.3 Å². The lowest BCUT2D eigenvalue weighted by molar-refractivity contribution is -0.120. The Morgan fingerprint density at radius 3 is 2.87 bits per heavy atom. The first-order valence-electron chi connectivity index (χ1n) is 7.71. The van der Waals surface area contributed by atoms with Crippen LogP contribution in [0.5, 0.6) is 0 Å². The van der Waals surface area contributed by atoms with Gasteiger partial charge < -0.3 is 15.0 Å². The van der Waals surface area contributed by atoms with Crippen molar-refractivity contribution in [2.24, 2.45) is 5.92 Å². The van der Waals surface area contributed by atoms with Crippen molar-refractivity contribution in [2.75, 3.05) is 12.4 Å². The molecule has 2 aromatic rings. The molecule has 2 N–H and O–H groups in total. The van der Waals surface area contributed by atoms with Crippen molar-refractivity contribution in [2.45, 2.75) is 32.1 Å². The highest BCUT2D eigenvalue weighted by Gasteiger charge is 2.22. The van der Waals surface area contributed by atoms with Gasteiger partial charge in [0, 0.05) is 23.1 Å². The molecule has 0 bridgehead atoms. The van der Waals surface area contributed by atoms with Gasteiger partial charge in [-0.05, 0) is 18.9 Å². The van der Waals surface area contributed by atoms with Crippen molar-refractivity contribution < 1.29 is 14.3 Å². The molecule has 0 atom stereocenters. The minimum absolute atomic E-state index is 0.0647. The second kappa shape index (κ2) is 6.95. The molecule has 0 saturated heterocycles. The number of hydrogen-bond donors (Lipinski definition) is 2. The maximum Gasteiger partial charge on any atom is 0.354 e. The van der Waals surface area contributed by atoms with E-state index in [0.29, 0.717) is 10.8 Å². The number of hydrogen-bond acceptors (Lipinski definition) is 5. The molecule has 1 saturated carbocycles. The zero-order chi connectivity index (χ0) is 16.2. The number of aromatic amines is 1. The van der Waals surface area contributed by atoms with Gasteiger partial charge >= 0.3 is 5.97 Å². The third kappa shape index (κ3) is 3.61. The molecule has 1 aliphatic carbocycles. The standard InChI is InChI=1S/C16H19N3O3S/c1-22-15(21)12-7-11(8-17-12)13-9-23-16(18-13)19-14(20)10-5-3-2-4-6-10/h7-10,17H,2-6H2,1H3,(H,18,19,20). The summed E-state index contributed by atoms with van der Waals surface area (Å²) in [4.78, 5) is 31.0. The van der Waals surface area contributed by atoms with E-state index in [4.69, 9.17) is 0 Å². The predicted octanol–water partition coefficient (Wildman–Crippen LogP) is 3.44. The molecule has 1 fully saturated rings. The van der Waals surface area contributed by atoms with Gasteiger partial charge in [-0.15, -0.1) is 11.3 Å². The Morgan fingerprint density at radius 1 is 1.35 bits per heavy atom. The average Bonchev–Trinajstić information content (AvgIpc) is 3.24. The van der Waals surface area contributed by atoms with Gasteiger partial charge in [0.25, 0.3) is 0 Å². The second-order valence-corrected chi connectivity index (χ2v) is 6.51. The number of nitrogens with zero attached hydrogens (tertiary/aromatic N) is 1. The number of anilines is 1. The number of esters is 1. The smallest absolute Gasteiger partial charge is 0.354 e. The van der Waals surface area contributed by atoms with Gasteiger partial charge in [0.15, 0.2) is 5.13 Å². The van der Waals surface area contributed by atoms with Crippen LogP contribution in [-0.2, 0) is 9.53 Å². The first kappa shape index (κ1) is 15.7. The Labute approximate surface area is 138 Å². The maximum absolute atomic E-state index is 12.2. The Balaban J connectivity index is 1.66. The molecule has 0 spiro atoms. The fraction of sp³-hybridized carbons (Fsp3) is 0.438. The monoisotopic (exact) mass is 333 g/mol. The summed E-state index contributed by atoms with van der Waals surface area (Å²) in [5.74, 6) is -0.249.